The predicted molar refractivity (Wildman–Crippen MR) is 80.5 cm³/mol. The van der Waals surface area contributed by atoms with Crippen LogP contribution in [0.15, 0.2) is 47.6 Å². The molecule has 0 aromatic heterocycles. The summed E-state index contributed by atoms with van der Waals surface area (Å²) in [5, 5.41) is 32.9. The molecular formula is C14H9N3O7. The van der Waals surface area contributed by atoms with Crippen LogP contribution in [0.2, 0.25) is 0 Å². The minimum absolute atomic E-state index is 0.0755. The smallest absolute Gasteiger partial charge is 0.344 e. The monoisotopic (exact) mass is 331 g/mol. The van der Waals surface area contributed by atoms with Crippen molar-refractivity contribution in [2.45, 2.75) is 0 Å². The molecule has 0 aliphatic heterocycles. The minimum atomic E-state index is -1.00. The summed E-state index contributed by atoms with van der Waals surface area (Å²) in [6, 6.07) is 8.42. The van der Waals surface area contributed by atoms with Crippen molar-refractivity contribution in [3.63, 3.8) is 0 Å². The summed E-state index contributed by atoms with van der Waals surface area (Å²) in [7, 11) is 0. The van der Waals surface area contributed by atoms with Gasteiger partial charge < -0.3 is 9.94 Å². The van der Waals surface area contributed by atoms with Crippen molar-refractivity contribution in [1.82, 2.24) is 0 Å². The van der Waals surface area contributed by atoms with E-state index in [0.29, 0.717) is 5.56 Å². The first-order valence-electron chi connectivity index (χ1n) is 6.34. The highest BCUT2D eigenvalue weighted by Gasteiger charge is 2.21. The summed E-state index contributed by atoms with van der Waals surface area (Å²) in [5.74, 6) is -0.925. The molecule has 2 rings (SSSR count). The Labute approximate surface area is 133 Å². The van der Waals surface area contributed by atoms with Gasteiger partial charge in [-0.05, 0) is 17.7 Å². The van der Waals surface area contributed by atoms with E-state index in [2.05, 4.69) is 5.16 Å². The summed E-state index contributed by atoms with van der Waals surface area (Å²) in [6.07, 6.45) is 1.11. The van der Waals surface area contributed by atoms with Gasteiger partial charge in [0.1, 0.15) is 5.75 Å². The van der Waals surface area contributed by atoms with Gasteiger partial charge >= 0.3 is 5.97 Å². The zero-order valence-electron chi connectivity index (χ0n) is 11.9. The molecule has 0 unspecified atom stereocenters. The number of nitrogens with zero attached hydrogens (tertiary/aromatic N) is 3. The van der Waals surface area contributed by atoms with Crippen molar-refractivity contribution in [2.24, 2.45) is 5.16 Å². The Kier molecular flexibility index (Phi) is 4.80. The lowest BCUT2D eigenvalue weighted by atomic mass is 10.1. The third kappa shape index (κ3) is 3.88. The molecule has 2 aromatic rings. The van der Waals surface area contributed by atoms with Gasteiger partial charge in [0.2, 0.25) is 0 Å². The molecule has 2 aromatic carbocycles. The van der Waals surface area contributed by atoms with Gasteiger partial charge in [0.15, 0.2) is 0 Å². The number of ether oxygens (including phenoxy) is 1. The van der Waals surface area contributed by atoms with Crippen LogP contribution in [0, 0.1) is 20.2 Å². The SMILES string of the molecule is O=C(Oc1cccc(/C=N\O)c1)c1cc([N+](=O)[O-])cc([N+](=O)[O-])c1. The molecule has 122 valence electrons. The summed E-state index contributed by atoms with van der Waals surface area (Å²) in [6.45, 7) is 0. The third-order valence-electron chi connectivity index (χ3n) is 2.84. The van der Waals surface area contributed by atoms with Gasteiger partial charge in [0.25, 0.3) is 11.4 Å². The fourth-order valence-electron chi connectivity index (χ4n) is 1.81. The van der Waals surface area contributed by atoms with Crippen molar-refractivity contribution in [2.75, 3.05) is 0 Å². The van der Waals surface area contributed by atoms with Gasteiger partial charge in [0, 0.05) is 12.1 Å². The fraction of sp³-hybridized carbons (Fsp3) is 0. The molecule has 0 aliphatic carbocycles. The van der Waals surface area contributed by atoms with Crippen molar-refractivity contribution in [1.29, 1.82) is 0 Å². The van der Waals surface area contributed by atoms with Gasteiger partial charge in [0.05, 0.1) is 27.7 Å². The van der Waals surface area contributed by atoms with E-state index in [1.54, 1.807) is 6.07 Å². The van der Waals surface area contributed by atoms with Crippen LogP contribution in [0.3, 0.4) is 0 Å². The molecule has 1 N–H and O–H groups in total. The Morgan fingerprint density at radius 3 is 2.25 bits per heavy atom. The number of carbonyl (C=O) groups is 1. The second-order valence-electron chi connectivity index (χ2n) is 4.46. The lowest BCUT2D eigenvalue weighted by molar-refractivity contribution is -0.394. The summed E-state index contributed by atoms with van der Waals surface area (Å²) in [4.78, 5) is 32.0. The average Bonchev–Trinajstić information content (AvgIpc) is 2.55. The second kappa shape index (κ2) is 6.96. The summed E-state index contributed by atoms with van der Waals surface area (Å²) < 4.78 is 5.03. The van der Waals surface area contributed by atoms with E-state index in [4.69, 9.17) is 9.94 Å². The average molecular weight is 331 g/mol. The Hall–Kier alpha value is -3.82. The first-order chi connectivity index (χ1) is 11.4. The number of hydrogen-bond acceptors (Lipinski definition) is 8. The molecule has 0 saturated carbocycles. The van der Waals surface area contributed by atoms with E-state index in [0.717, 1.165) is 24.4 Å². The fourth-order valence-corrected chi connectivity index (χ4v) is 1.81. The highest BCUT2D eigenvalue weighted by molar-refractivity contribution is 5.93. The Morgan fingerprint density at radius 1 is 1.08 bits per heavy atom. The predicted octanol–water partition coefficient (Wildman–Crippen LogP) is 2.53. The van der Waals surface area contributed by atoms with Gasteiger partial charge in [-0.1, -0.05) is 17.3 Å². The maximum absolute atomic E-state index is 12.1. The third-order valence-corrected chi connectivity index (χ3v) is 2.84. The number of oxime groups is 1. The van der Waals surface area contributed by atoms with Crippen LogP contribution in [0.5, 0.6) is 5.75 Å². The van der Waals surface area contributed by atoms with E-state index in [9.17, 15) is 25.0 Å². The number of rotatable bonds is 5. The molecule has 10 heteroatoms. The highest BCUT2D eigenvalue weighted by Crippen LogP contribution is 2.24. The van der Waals surface area contributed by atoms with Crippen LogP contribution in [0.1, 0.15) is 15.9 Å². The van der Waals surface area contributed by atoms with Crippen LogP contribution < -0.4 is 4.74 Å². The van der Waals surface area contributed by atoms with Crippen LogP contribution in [-0.4, -0.2) is 27.2 Å². The number of benzene rings is 2. The van der Waals surface area contributed by atoms with E-state index < -0.39 is 27.2 Å². The molecule has 0 amide bonds. The maximum Gasteiger partial charge on any atom is 0.344 e. The zero-order chi connectivity index (χ0) is 17.7. The Bertz CT molecular complexity index is 816. The zero-order valence-corrected chi connectivity index (χ0v) is 11.9. The van der Waals surface area contributed by atoms with Crippen molar-refractivity contribution >= 4 is 23.6 Å². The topological polar surface area (TPSA) is 145 Å². The first kappa shape index (κ1) is 16.5. The Balaban J connectivity index is 2.34. The standard InChI is InChI=1S/C14H9N3O7/c18-14(24-13-3-1-2-9(4-13)8-15-19)10-5-11(16(20)21)7-12(6-10)17(22)23/h1-8,19H/b15-8-. The normalized spacial score (nSPS) is 10.5. The molecule has 0 heterocycles. The van der Waals surface area contributed by atoms with Gasteiger partial charge in [-0.2, -0.15) is 0 Å². The quantitative estimate of drug-likeness (QED) is 0.221. The molecule has 0 bridgehead atoms. The van der Waals surface area contributed by atoms with Crippen LogP contribution in [0.25, 0.3) is 0 Å². The first-order valence-corrected chi connectivity index (χ1v) is 6.34. The molecule has 0 fully saturated rings. The lowest BCUT2D eigenvalue weighted by Gasteiger charge is -2.05. The van der Waals surface area contributed by atoms with Gasteiger partial charge in [-0.15, -0.1) is 0 Å². The largest absolute Gasteiger partial charge is 0.423 e. The van der Waals surface area contributed by atoms with Crippen LogP contribution in [-0.2, 0) is 0 Å². The van der Waals surface area contributed by atoms with Crippen LogP contribution in [0.4, 0.5) is 11.4 Å². The minimum Gasteiger partial charge on any atom is -0.423 e. The van der Waals surface area contributed by atoms with E-state index >= 15 is 0 Å². The van der Waals surface area contributed by atoms with Gasteiger partial charge in [-0.3, -0.25) is 20.2 Å². The summed E-state index contributed by atoms with van der Waals surface area (Å²) in [5.41, 5.74) is -1.10. The number of non-ortho nitro benzene ring substituents is 2. The number of nitro benzene ring substituents is 2. The molecular weight excluding hydrogens is 322 g/mol. The molecule has 0 atom stereocenters. The van der Waals surface area contributed by atoms with Crippen LogP contribution >= 0.6 is 0 Å². The molecule has 0 saturated heterocycles. The molecule has 0 aliphatic rings. The number of nitro groups is 2. The number of hydrogen-bond donors (Lipinski definition) is 1. The number of esters is 1. The van der Waals surface area contributed by atoms with E-state index in [1.807, 2.05) is 0 Å². The maximum atomic E-state index is 12.1. The Morgan fingerprint density at radius 2 is 1.71 bits per heavy atom. The van der Waals surface area contributed by atoms with Crippen molar-refractivity contribution in [3.8, 4) is 5.75 Å². The highest BCUT2D eigenvalue weighted by atomic mass is 16.6. The summed E-state index contributed by atoms with van der Waals surface area (Å²) >= 11 is 0. The lowest BCUT2D eigenvalue weighted by Crippen LogP contribution is -2.10. The number of carbonyl (C=O) groups excluding carboxylic acids is 1. The van der Waals surface area contributed by atoms with Crippen molar-refractivity contribution in [3.05, 3.63) is 73.8 Å². The van der Waals surface area contributed by atoms with Crippen molar-refractivity contribution < 1.29 is 24.6 Å². The molecule has 24 heavy (non-hydrogen) atoms. The van der Waals surface area contributed by atoms with E-state index in [1.165, 1.54) is 18.2 Å². The molecule has 0 radical (unpaired) electrons. The van der Waals surface area contributed by atoms with Gasteiger partial charge in [-0.25, -0.2) is 4.79 Å². The molecule has 10 nitrogen and oxygen atoms in total. The second-order valence-corrected chi connectivity index (χ2v) is 4.46. The molecule has 0 spiro atoms. The van der Waals surface area contributed by atoms with E-state index in [-0.39, 0.29) is 11.3 Å².